The van der Waals surface area contributed by atoms with Crippen molar-refractivity contribution >= 4 is 27.6 Å². The molecule has 2 fully saturated rings. The molecule has 1 aliphatic carbocycles. The summed E-state index contributed by atoms with van der Waals surface area (Å²) < 4.78 is 0. The fourth-order valence-electron chi connectivity index (χ4n) is 2.94. The van der Waals surface area contributed by atoms with E-state index in [-0.39, 0.29) is 11.1 Å². The SMILES string of the molecule is CC1CC2=NCC(Br)N2NC1=NC1CCC(O)CC1. The Labute approximate surface area is 122 Å². The molecule has 2 heterocycles. The van der Waals surface area contributed by atoms with E-state index in [1.54, 1.807) is 0 Å². The van der Waals surface area contributed by atoms with E-state index in [4.69, 9.17) is 4.99 Å². The van der Waals surface area contributed by atoms with E-state index in [2.05, 4.69) is 38.3 Å². The van der Waals surface area contributed by atoms with Gasteiger partial charge in [0, 0.05) is 12.3 Å². The number of alkyl halides is 1. The zero-order valence-electron chi connectivity index (χ0n) is 11.2. The molecule has 19 heavy (non-hydrogen) atoms. The molecule has 3 rings (SSSR count). The van der Waals surface area contributed by atoms with E-state index in [0.717, 1.165) is 50.3 Å². The number of fused-ring (bicyclic) bond motifs is 1. The molecule has 6 heteroatoms. The van der Waals surface area contributed by atoms with E-state index >= 15 is 0 Å². The van der Waals surface area contributed by atoms with Crippen LogP contribution >= 0.6 is 15.9 Å². The lowest BCUT2D eigenvalue weighted by Crippen LogP contribution is -2.54. The highest BCUT2D eigenvalue weighted by Gasteiger charge is 2.34. The lowest BCUT2D eigenvalue weighted by Gasteiger charge is -2.35. The maximum Gasteiger partial charge on any atom is 0.126 e. The maximum absolute atomic E-state index is 9.55. The second-order valence-electron chi connectivity index (χ2n) is 5.76. The molecule has 0 spiro atoms. The van der Waals surface area contributed by atoms with Crippen molar-refractivity contribution in [3.8, 4) is 0 Å². The molecule has 1 saturated heterocycles. The van der Waals surface area contributed by atoms with Gasteiger partial charge < -0.3 is 5.11 Å². The summed E-state index contributed by atoms with van der Waals surface area (Å²) in [5.41, 5.74) is 3.42. The first-order chi connectivity index (χ1) is 9.13. The number of hydrogen-bond acceptors (Lipinski definition) is 4. The van der Waals surface area contributed by atoms with Crippen LogP contribution in [0.15, 0.2) is 9.98 Å². The predicted octanol–water partition coefficient (Wildman–Crippen LogP) is 1.67. The molecule has 0 aromatic carbocycles. The minimum Gasteiger partial charge on any atom is -0.393 e. The van der Waals surface area contributed by atoms with Crippen LogP contribution in [0.25, 0.3) is 0 Å². The van der Waals surface area contributed by atoms with Crippen LogP contribution in [0.2, 0.25) is 0 Å². The molecule has 106 valence electrons. The number of halogens is 1. The Kier molecular flexibility index (Phi) is 3.80. The van der Waals surface area contributed by atoms with Crippen molar-refractivity contribution in [2.75, 3.05) is 6.54 Å². The van der Waals surface area contributed by atoms with Gasteiger partial charge >= 0.3 is 0 Å². The third-order valence-electron chi connectivity index (χ3n) is 4.16. The van der Waals surface area contributed by atoms with Crippen LogP contribution in [0.3, 0.4) is 0 Å². The summed E-state index contributed by atoms with van der Waals surface area (Å²) >= 11 is 3.62. The summed E-state index contributed by atoms with van der Waals surface area (Å²) in [5.74, 6) is 2.61. The van der Waals surface area contributed by atoms with Gasteiger partial charge in [-0.3, -0.25) is 20.4 Å². The zero-order valence-corrected chi connectivity index (χ0v) is 12.8. The molecular formula is C13H21BrN4O. The average molecular weight is 329 g/mol. The number of rotatable bonds is 1. The molecule has 0 bridgehead atoms. The second kappa shape index (κ2) is 5.40. The average Bonchev–Trinajstić information content (AvgIpc) is 2.74. The molecule has 0 amide bonds. The summed E-state index contributed by atoms with van der Waals surface area (Å²) in [5, 5.41) is 11.6. The van der Waals surface area contributed by atoms with Crippen molar-refractivity contribution in [2.45, 2.75) is 56.1 Å². The molecular weight excluding hydrogens is 308 g/mol. The minimum atomic E-state index is -0.113. The van der Waals surface area contributed by atoms with Crippen LogP contribution < -0.4 is 5.43 Å². The number of amidine groups is 2. The van der Waals surface area contributed by atoms with Crippen LogP contribution in [0.1, 0.15) is 39.0 Å². The monoisotopic (exact) mass is 328 g/mol. The van der Waals surface area contributed by atoms with E-state index in [1.807, 2.05) is 0 Å². The Morgan fingerprint density at radius 2 is 2.11 bits per heavy atom. The van der Waals surface area contributed by atoms with Crippen molar-refractivity contribution in [3.05, 3.63) is 0 Å². The third kappa shape index (κ3) is 2.79. The largest absolute Gasteiger partial charge is 0.393 e. The van der Waals surface area contributed by atoms with E-state index in [0.29, 0.717) is 12.0 Å². The zero-order chi connectivity index (χ0) is 13.4. The minimum absolute atomic E-state index is 0.113. The Bertz CT molecular complexity index is 403. The number of hydrazine groups is 1. The lowest BCUT2D eigenvalue weighted by atomic mass is 9.93. The molecule has 0 aromatic heterocycles. The topological polar surface area (TPSA) is 60.2 Å². The van der Waals surface area contributed by atoms with Gasteiger partial charge in [0.15, 0.2) is 0 Å². The summed E-state index contributed by atoms with van der Waals surface area (Å²) in [6, 6.07) is 0.364. The molecule has 2 N–H and O–H groups in total. The highest BCUT2D eigenvalue weighted by Crippen LogP contribution is 2.26. The molecule has 0 radical (unpaired) electrons. The quantitative estimate of drug-likeness (QED) is 0.568. The van der Waals surface area contributed by atoms with Gasteiger partial charge in [0.25, 0.3) is 0 Å². The molecule has 3 aliphatic rings. The van der Waals surface area contributed by atoms with Gasteiger partial charge in [0.05, 0.1) is 18.7 Å². The predicted molar refractivity (Wildman–Crippen MR) is 79.5 cm³/mol. The van der Waals surface area contributed by atoms with Crippen LogP contribution in [0, 0.1) is 5.92 Å². The molecule has 2 unspecified atom stereocenters. The Morgan fingerprint density at radius 3 is 2.84 bits per heavy atom. The number of aliphatic hydroxyl groups is 1. The number of hydrogen-bond donors (Lipinski definition) is 2. The van der Waals surface area contributed by atoms with Crippen molar-refractivity contribution in [1.29, 1.82) is 0 Å². The van der Waals surface area contributed by atoms with Crippen molar-refractivity contribution < 1.29 is 5.11 Å². The Balaban J connectivity index is 1.68. The summed E-state index contributed by atoms with van der Waals surface area (Å²) in [7, 11) is 0. The van der Waals surface area contributed by atoms with Gasteiger partial charge in [-0.25, -0.2) is 0 Å². The number of aliphatic imine (C=N–C) groups is 2. The maximum atomic E-state index is 9.55. The normalized spacial score (nSPS) is 40.9. The number of nitrogens with zero attached hydrogens (tertiary/aromatic N) is 3. The fraction of sp³-hybridized carbons (Fsp3) is 0.846. The van der Waals surface area contributed by atoms with E-state index in [9.17, 15) is 5.11 Å². The summed E-state index contributed by atoms with van der Waals surface area (Å²) in [6.45, 7) is 3.00. The second-order valence-corrected chi connectivity index (χ2v) is 6.81. The van der Waals surface area contributed by atoms with Gasteiger partial charge in [-0.05, 0) is 25.7 Å². The van der Waals surface area contributed by atoms with Crippen LogP contribution in [0.4, 0.5) is 0 Å². The highest BCUT2D eigenvalue weighted by molar-refractivity contribution is 9.09. The van der Waals surface area contributed by atoms with Gasteiger partial charge in [0.2, 0.25) is 0 Å². The smallest absolute Gasteiger partial charge is 0.126 e. The Hall–Kier alpha value is -0.620. The van der Waals surface area contributed by atoms with Crippen molar-refractivity contribution in [2.24, 2.45) is 15.9 Å². The molecule has 2 aliphatic heterocycles. The first-order valence-corrected chi connectivity index (χ1v) is 8.04. The molecule has 2 atom stereocenters. The van der Waals surface area contributed by atoms with Gasteiger partial charge in [-0.2, -0.15) is 0 Å². The number of aliphatic hydroxyl groups excluding tert-OH is 1. The van der Waals surface area contributed by atoms with Gasteiger partial charge in [0.1, 0.15) is 16.6 Å². The van der Waals surface area contributed by atoms with E-state index < -0.39 is 0 Å². The molecule has 5 nitrogen and oxygen atoms in total. The van der Waals surface area contributed by atoms with Crippen LogP contribution in [0.5, 0.6) is 0 Å². The summed E-state index contributed by atoms with van der Waals surface area (Å²) in [6.07, 6.45) is 4.61. The number of nitrogens with one attached hydrogen (secondary N) is 1. The molecule has 0 aromatic rings. The van der Waals surface area contributed by atoms with Gasteiger partial charge in [-0.1, -0.05) is 22.9 Å². The van der Waals surface area contributed by atoms with Crippen molar-refractivity contribution in [3.63, 3.8) is 0 Å². The van der Waals surface area contributed by atoms with Crippen molar-refractivity contribution in [1.82, 2.24) is 10.4 Å². The fourth-order valence-corrected chi connectivity index (χ4v) is 3.43. The molecule has 1 saturated carbocycles. The summed E-state index contributed by atoms with van der Waals surface area (Å²) in [4.78, 5) is 9.65. The highest BCUT2D eigenvalue weighted by atomic mass is 79.9. The van der Waals surface area contributed by atoms with Crippen LogP contribution in [-0.2, 0) is 0 Å². The van der Waals surface area contributed by atoms with E-state index in [1.165, 1.54) is 0 Å². The van der Waals surface area contributed by atoms with Crippen LogP contribution in [-0.4, -0.2) is 45.4 Å². The third-order valence-corrected chi connectivity index (χ3v) is 4.86. The first kappa shape index (κ1) is 13.4. The van der Waals surface area contributed by atoms with Gasteiger partial charge in [-0.15, -0.1) is 0 Å². The lowest BCUT2D eigenvalue weighted by molar-refractivity contribution is 0.123. The first-order valence-electron chi connectivity index (χ1n) is 7.12. The standard InChI is InChI=1S/C13H21BrN4O/c1-8-6-12-15-7-11(14)18(12)17-13(8)16-9-2-4-10(19)5-3-9/h8-11,19H,2-7H2,1H3,(H,16,17). The Morgan fingerprint density at radius 1 is 1.37 bits per heavy atom.